The highest BCUT2D eigenvalue weighted by atomic mass is 35.5. The number of alkyl halides is 1. The van der Waals surface area contributed by atoms with E-state index in [1.54, 1.807) is 18.5 Å². The number of carbonyl (C=O) groups is 3. The number of thioether (sulfide) groups is 3. The SMILES string of the molecule is Nc1nc(C(=NOCCF)C(=O)N[C@@H]2C(=O)N3CC(Sc4ccncc4SCC(N)CO)(C(=O)O)CS[C@H]23)c(Cl)s1. The zero-order valence-corrected chi connectivity index (χ0v) is 25.1. The summed E-state index contributed by atoms with van der Waals surface area (Å²) in [4.78, 5) is 54.5. The van der Waals surface area contributed by atoms with E-state index in [0.717, 1.165) is 23.1 Å². The van der Waals surface area contributed by atoms with Crippen molar-refractivity contribution >= 4 is 86.9 Å². The summed E-state index contributed by atoms with van der Waals surface area (Å²) in [7, 11) is 0. The predicted molar refractivity (Wildman–Crippen MR) is 156 cm³/mol. The molecule has 0 radical (unpaired) electrons. The van der Waals surface area contributed by atoms with Crippen LogP contribution in [0.1, 0.15) is 5.69 Å². The molecule has 0 bridgehead atoms. The highest BCUT2D eigenvalue weighted by Gasteiger charge is 2.58. The number of carboxylic acid groups (broad SMARTS) is 1. The lowest BCUT2D eigenvalue weighted by molar-refractivity contribution is -0.151. The minimum absolute atomic E-state index is 0.0594. The summed E-state index contributed by atoms with van der Waals surface area (Å²) in [5.74, 6) is -1.87. The number of carboxylic acids is 1. The minimum Gasteiger partial charge on any atom is -0.480 e. The van der Waals surface area contributed by atoms with Gasteiger partial charge in [-0.1, -0.05) is 28.1 Å². The summed E-state index contributed by atoms with van der Waals surface area (Å²) in [5, 5.41) is 25.3. The number of aliphatic hydroxyl groups is 1. The van der Waals surface area contributed by atoms with Gasteiger partial charge in [0, 0.05) is 46.3 Å². The molecule has 4 heterocycles. The Labute approximate surface area is 255 Å². The number of hydrogen-bond donors (Lipinski definition) is 5. The monoisotopic (exact) mass is 665 g/mol. The van der Waals surface area contributed by atoms with Crippen LogP contribution in [0.4, 0.5) is 9.52 Å². The molecular weight excluding hydrogens is 641 g/mol. The number of carbonyl (C=O) groups excluding carboxylic acids is 2. The number of nitrogens with zero attached hydrogens (tertiary/aromatic N) is 4. The van der Waals surface area contributed by atoms with E-state index in [2.05, 4.69) is 20.4 Å². The Morgan fingerprint density at radius 2 is 2.22 bits per heavy atom. The number of nitrogen functional groups attached to an aromatic ring is 1. The third-order valence-corrected chi connectivity index (χ3v) is 11.4. The molecular formula is C22H25ClFN7O6S4. The quantitative estimate of drug-likeness (QED) is 0.0663. The number of hydrogen-bond acceptors (Lipinski definition) is 14. The van der Waals surface area contributed by atoms with E-state index >= 15 is 0 Å². The molecule has 2 saturated heterocycles. The van der Waals surface area contributed by atoms with Gasteiger partial charge in [-0.3, -0.25) is 19.4 Å². The van der Waals surface area contributed by atoms with E-state index < -0.39 is 53.3 Å². The van der Waals surface area contributed by atoms with Gasteiger partial charge in [0.05, 0.1) is 6.61 Å². The van der Waals surface area contributed by atoms with Gasteiger partial charge in [0.25, 0.3) is 5.91 Å². The van der Waals surface area contributed by atoms with Crippen LogP contribution in [0.3, 0.4) is 0 Å². The van der Waals surface area contributed by atoms with Gasteiger partial charge in [0.15, 0.2) is 10.8 Å². The van der Waals surface area contributed by atoms with Crippen molar-refractivity contribution in [3.05, 3.63) is 28.5 Å². The molecule has 2 amide bonds. The molecule has 0 aliphatic carbocycles. The maximum Gasteiger partial charge on any atom is 0.322 e. The number of oxime groups is 1. The Balaban J connectivity index is 1.47. The topological polar surface area (TPSA) is 206 Å². The minimum atomic E-state index is -1.37. The van der Waals surface area contributed by atoms with Gasteiger partial charge in [-0.2, -0.15) is 0 Å². The second-order valence-electron chi connectivity index (χ2n) is 8.73. The highest BCUT2D eigenvalue weighted by Crippen LogP contribution is 2.48. The molecule has 2 aromatic heterocycles. The molecule has 41 heavy (non-hydrogen) atoms. The summed E-state index contributed by atoms with van der Waals surface area (Å²) in [6.45, 7) is -1.55. The van der Waals surface area contributed by atoms with Crippen LogP contribution in [0.15, 0.2) is 33.4 Å². The van der Waals surface area contributed by atoms with E-state index in [4.69, 9.17) is 27.9 Å². The lowest BCUT2D eigenvalue weighted by Gasteiger charge is -2.53. The standard InChI is InChI=1S/C22H25ClFN7O6S4/c23-16-13(29-21(26)40-16)14(30-37-4-2-24)17(33)28-15-18(34)31-8-22(20(35)36,9-39-19(15)31)41-11-1-3-27-5-12(11)38-7-10(25)6-32/h1,3,5,10,15,19,32H,2,4,6-9,25H2,(H2,26,29)(H,28,33)(H,35,36)/t10?,15-,19-,22?/m1/s1. The van der Waals surface area contributed by atoms with Crippen molar-refractivity contribution in [2.24, 2.45) is 10.9 Å². The first kappa shape index (κ1) is 31.6. The van der Waals surface area contributed by atoms with Crippen LogP contribution in [-0.2, 0) is 19.2 Å². The van der Waals surface area contributed by atoms with Crippen molar-refractivity contribution in [2.45, 2.75) is 32.0 Å². The van der Waals surface area contributed by atoms with Crippen LogP contribution >= 0.6 is 58.2 Å². The lowest BCUT2D eigenvalue weighted by Crippen LogP contribution is -2.74. The summed E-state index contributed by atoms with van der Waals surface area (Å²) in [5.41, 5.74) is 11.0. The molecule has 7 N–H and O–H groups in total. The van der Waals surface area contributed by atoms with Gasteiger partial charge in [0.2, 0.25) is 5.91 Å². The van der Waals surface area contributed by atoms with E-state index in [1.165, 1.54) is 28.4 Å². The van der Waals surface area contributed by atoms with Crippen molar-refractivity contribution in [1.29, 1.82) is 0 Å². The molecule has 19 heteroatoms. The molecule has 4 rings (SSSR count). The number of fused-ring (bicyclic) bond motifs is 1. The molecule has 4 atom stereocenters. The van der Waals surface area contributed by atoms with Gasteiger partial charge >= 0.3 is 5.97 Å². The Morgan fingerprint density at radius 1 is 1.44 bits per heavy atom. The van der Waals surface area contributed by atoms with E-state index in [9.17, 15) is 29.0 Å². The van der Waals surface area contributed by atoms with Crippen LogP contribution < -0.4 is 16.8 Å². The highest BCUT2D eigenvalue weighted by molar-refractivity contribution is 8.06. The number of nitrogens with one attached hydrogen (secondary N) is 1. The zero-order chi connectivity index (χ0) is 29.7. The van der Waals surface area contributed by atoms with Crippen LogP contribution in [0, 0.1) is 0 Å². The molecule has 2 fully saturated rings. The molecule has 2 aliphatic heterocycles. The molecule has 2 aromatic rings. The third kappa shape index (κ3) is 7.00. The van der Waals surface area contributed by atoms with Crippen molar-refractivity contribution < 1.29 is 33.8 Å². The van der Waals surface area contributed by atoms with Gasteiger partial charge in [-0.05, 0) is 6.07 Å². The number of thiazole rings is 1. The zero-order valence-electron chi connectivity index (χ0n) is 21.1. The molecule has 222 valence electrons. The number of aliphatic carboxylic acids is 1. The number of aromatic nitrogens is 2. The molecule has 0 spiro atoms. The fraction of sp³-hybridized carbons (Fsp3) is 0.455. The number of rotatable bonds is 13. The maximum absolute atomic E-state index is 13.1. The summed E-state index contributed by atoms with van der Waals surface area (Å²) >= 11 is 10.7. The average Bonchev–Trinajstić information content (AvgIpc) is 3.29. The van der Waals surface area contributed by atoms with E-state index in [0.29, 0.717) is 15.5 Å². The Morgan fingerprint density at radius 3 is 2.88 bits per heavy atom. The van der Waals surface area contributed by atoms with Crippen LogP contribution in [-0.4, -0.2) is 109 Å². The van der Waals surface area contributed by atoms with E-state index in [-0.39, 0.29) is 39.8 Å². The van der Waals surface area contributed by atoms with E-state index in [1.807, 2.05) is 0 Å². The fourth-order valence-corrected chi connectivity index (χ4v) is 8.72. The predicted octanol–water partition coefficient (Wildman–Crippen LogP) is 0.891. The Kier molecular flexibility index (Phi) is 10.6. The maximum atomic E-state index is 13.1. The van der Waals surface area contributed by atoms with Gasteiger partial charge < -0.3 is 36.7 Å². The van der Waals surface area contributed by atoms with Crippen molar-refractivity contribution in [3.8, 4) is 0 Å². The molecule has 13 nitrogen and oxygen atoms in total. The smallest absolute Gasteiger partial charge is 0.322 e. The number of nitrogens with two attached hydrogens (primary N) is 2. The first-order valence-corrected chi connectivity index (χ1v) is 15.9. The summed E-state index contributed by atoms with van der Waals surface area (Å²) in [6, 6.07) is 0.271. The number of amides is 2. The third-order valence-electron chi connectivity index (χ3n) is 5.84. The van der Waals surface area contributed by atoms with Crippen molar-refractivity contribution in [1.82, 2.24) is 20.2 Å². The van der Waals surface area contributed by atoms with Crippen LogP contribution in [0.2, 0.25) is 4.34 Å². The number of pyridine rings is 1. The number of anilines is 1. The van der Waals surface area contributed by atoms with Crippen LogP contribution in [0.5, 0.6) is 0 Å². The number of β-lactam (4-membered cyclic amide) rings is 1. The average molecular weight is 666 g/mol. The lowest BCUT2D eigenvalue weighted by atomic mass is 10.0. The normalized spacial score (nSPS) is 23.0. The van der Waals surface area contributed by atoms with Gasteiger partial charge in [-0.25, -0.2) is 9.37 Å². The molecule has 2 aliphatic rings. The largest absolute Gasteiger partial charge is 0.480 e. The fourth-order valence-electron chi connectivity index (χ4n) is 3.82. The van der Waals surface area contributed by atoms with Gasteiger partial charge in [0.1, 0.15) is 39.5 Å². The summed E-state index contributed by atoms with van der Waals surface area (Å²) in [6.07, 6.45) is 3.15. The summed E-state index contributed by atoms with van der Waals surface area (Å²) < 4.78 is 11.2. The Hall–Kier alpha value is -2.35. The van der Waals surface area contributed by atoms with Crippen molar-refractivity contribution in [3.63, 3.8) is 0 Å². The van der Waals surface area contributed by atoms with Gasteiger partial charge in [-0.15, -0.1) is 35.3 Å². The second kappa shape index (κ2) is 13.7. The van der Waals surface area contributed by atoms with Crippen LogP contribution in [0.25, 0.3) is 0 Å². The number of halogens is 2. The first-order chi connectivity index (χ1) is 19.6. The molecule has 0 saturated carbocycles. The molecule has 2 unspecified atom stereocenters. The second-order valence-corrected chi connectivity index (χ2v) is 14.0. The Bertz CT molecular complexity index is 1340. The molecule has 0 aromatic carbocycles. The first-order valence-electron chi connectivity index (χ1n) is 11.9. The van der Waals surface area contributed by atoms with Crippen molar-refractivity contribution in [2.75, 3.05) is 43.7 Å². The number of aliphatic hydroxyl groups excluding tert-OH is 1.